The molecule has 0 atom stereocenters. The molecule has 0 aliphatic carbocycles. The fourth-order valence-corrected chi connectivity index (χ4v) is 2.95. The Balaban J connectivity index is 1.52. The number of methoxy groups -OCH3 is 1. The number of amides is 1. The van der Waals surface area contributed by atoms with Gasteiger partial charge in [-0.05, 0) is 36.8 Å². The third-order valence-corrected chi connectivity index (χ3v) is 4.40. The van der Waals surface area contributed by atoms with E-state index in [0.717, 1.165) is 22.2 Å². The fourth-order valence-electron chi connectivity index (χ4n) is 2.95. The highest BCUT2D eigenvalue weighted by Gasteiger charge is 2.11. The van der Waals surface area contributed by atoms with Gasteiger partial charge in [0.25, 0.3) is 5.91 Å². The second kappa shape index (κ2) is 7.93. The minimum Gasteiger partial charge on any atom is -0.495 e. The molecule has 0 aliphatic rings. The minimum absolute atomic E-state index is 0.303. The van der Waals surface area contributed by atoms with E-state index in [9.17, 15) is 4.79 Å². The summed E-state index contributed by atoms with van der Waals surface area (Å²) in [7, 11) is 1.60. The van der Waals surface area contributed by atoms with Crippen LogP contribution in [0.1, 0.15) is 15.9 Å². The molecule has 7 nitrogen and oxygen atoms in total. The molecule has 2 heterocycles. The second-order valence-corrected chi connectivity index (χ2v) is 6.46. The van der Waals surface area contributed by atoms with Crippen molar-refractivity contribution in [2.24, 2.45) is 0 Å². The number of rotatable bonds is 5. The average Bonchev–Trinajstić information content (AvgIpc) is 2.75. The van der Waals surface area contributed by atoms with Crippen LogP contribution in [0, 0.1) is 6.92 Å². The van der Waals surface area contributed by atoms with Crippen molar-refractivity contribution < 1.29 is 9.53 Å². The first-order chi connectivity index (χ1) is 14.1. The van der Waals surface area contributed by atoms with Crippen LogP contribution in [0.15, 0.2) is 67.1 Å². The van der Waals surface area contributed by atoms with Crippen molar-refractivity contribution in [1.82, 2.24) is 15.0 Å². The summed E-state index contributed by atoms with van der Waals surface area (Å²) < 4.78 is 5.35. The number of hydrogen-bond donors (Lipinski definition) is 2. The van der Waals surface area contributed by atoms with Crippen LogP contribution in [0.3, 0.4) is 0 Å². The molecule has 4 rings (SSSR count). The number of carbonyl (C=O) groups is 1. The van der Waals surface area contributed by atoms with E-state index in [4.69, 9.17) is 4.74 Å². The molecule has 0 radical (unpaired) electrons. The molecule has 0 unspecified atom stereocenters. The first kappa shape index (κ1) is 18.4. The van der Waals surface area contributed by atoms with E-state index in [1.807, 2.05) is 55.5 Å². The lowest BCUT2D eigenvalue weighted by Crippen LogP contribution is -2.13. The number of nitrogens with one attached hydrogen (secondary N) is 2. The highest BCUT2D eigenvalue weighted by Crippen LogP contribution is 2.27. The molecule has 2 aromatic carbocycles. The molecular formula is C22H19N5O2. The van der Waals surface area contributed by atoms with E-state index < -0.39 is 0 Å². The van der Waals surface area contributed by atoms with Gasteiger partial charge in [-0.25, -0.2) is 9.97 Å². The van der Waals surface area contributed by atoms with Crippen LogP contribution in [-0.2, 0) is 0 Å². The summed E-state index contributed by atoms with van der Waals surface area (Å²) in [5.74, 6) is 0.754. The van der Waals surface area contributed by atoms with Crippen molar-refractivity contribution in [3.8, 4) is 5.75 Å². The van der Waals surface area contributed by atoms with Crippen molar-refractivity contribution in [3.05, 3.63) is 78.2 Å². The number of benzene rings is 2. The molecule has 0 bridgehead atoms. The first-order valence-corrected chi connectivity index (χ1v) is 9.03. The van der Waals surface area contributed by atoms with E-state index in [-0.39, 0.29) is 5.91 Å². The summed E-state index contributed by atoms with van der Waals surface area (Å²) in [6.07, 6.45) is 4.65. The smallest absolute Gasteiger partial charge is 0.258 e. The Kier molecular flexibility index (Phi) is 5.03. The van der Waals surface area contributed by atoms with Gasteiger partial charge in [0.1, 0.15) is 5.75 Å². The van der Waals surface area contributed by atoms with Gasteiger partial charge in [0.15, 0.2) is 0 Å². The molecule has 144 valence electrons. The molecule has 4 aromatic rings. The molecular weight excluding hydrogens is 366 g/mol. The molecule has 2 N–H and O–H groups in total. The fraction of sp³-hybridized carbons (Fsp3) is 0.0909. The summed E-state index contributed by atoms with van der Waals surface area (Å²) in [5, 5.41) is 6.94. The normalized spacial score (nSPS) is 10.6. The van der Waals surface area contributed by atoms with Gasteiger partial charge >= 0.3 is 0 Å². The Morgan fingerprint density at radius 1 is 0.966 bits per heavy atom. The van der Waals surface area contributed by atoms with E-state index in [0.29, 0.717) is 22.9 Å². The maximum Gasteiger partial charge on any atom is 0.258 e. The van der Waals surface area contributed by atoms with Crippen LogP contribution >= 0.6 is 0 Å². The molecule has 1 amide bonds. The summed E-state index contributed by atoms with van der Waals surface area (Å²) in [6.45, 7) is 1.99. The number of nitrogens with zero attached hydrogens (tertiary/aromatic N) is 3. The van der Waals surface area contributed by atoms with Crippen molar-refractivity contribution >= 4 is 34.1 Å². The van der Waals surface area contributed by atoms with Crippen LogP contribution in [0.2, 0.25) is 0 Å². The summed E-state index contributed by atoms with van der Waals surface area (Å²) in [4.78, 5) is 25.5. The predicted octanol–water partition coefficient (Wildman–Crippen LogP) is 4.34. The highest BCUT2D eigenvalue weighted by molar-refractivity contribution is 6.08. The van der Waals surface area contributed by atoms with E-state index >= 15 is 0 Å². The number of carbonyl (C=O) groups excluding carboxylic acids is 1. The van der Waals surface area contributed by atoms with Crippen molar-refractivity contribution in [2.75, 3.05) is 17.7 Å². The van der Waals surface area contributed by atoms with E-state index in [1.165, 1.54) is 12.4 Å². The van der Waals surface area contributed by atoms with Crippen LogP contribution in [0.25, 0.3) is 10.9 Å². The maximum absolute atomic E-state index is 12.6. The van der Waals surface area contributed by atoms with Crippen LogP contribution in [0.5, 0.6) is 5.75 Å². The number of fused-ring (bicyclic) bond motifs is 1. The van der Waals surface area contributed by atoms with Gasteiger partial charge in [0.05, 0.1) is 29.6 Å². The Bertz CT molecular complexity index is 1170. The number of anilines is 3. The third kappa shape index (κ3) is 3.98. The third-order valence-electron chi connectivity index (χ3n) is 4.40. The van der Waals surface area contributed by atoms with Crippen LogP contribution in [0.4, 0.5) is 17.3 Å². The van der Waals surface area contributed by atoms with Crippen molar-refractivity contribution in [2.45, 2.75) is 6.92 Å². The zero-order valence-corrected chi connectivity index (χ0v) is 16.0. The van der Waals surface area contributed by atoms with Gasteiger partial charge in [0.2, 0.25) is 5.95 Å². The highest BCUT2D eigenvalue weighted by atomic mass is 16.5. The molecule has 0 spiro atoms. The number of aromatic nitrogens is 3. The van der Waals surface area contributed by atoms with Crippen LogP contribution in [-0.4, -0.2) is 28.0 Å². The van der Waals surface area contributed by atoms with Gasteiger partial charge in [-0.15, -0.1) is 0 Å². The largest absolute Gasteiger partial charge is 0.495 e. The Morgan fingerprint density at radius 2 is 1.76 bits per heavy atom. The van der Waals surface area contributed by atoms with Gasteiger partial charge in [0, 0.05) is 24.0 Å². The van der Waals surface area contributed by atoms with Crippen LogP contribution < -0.4 is 15.4 Å². The topological polar surface area (TPSA) is 89.0 Å². The molecule has 0 saturated carbocycles. The Hall–Kier alpha value is -4.00. The first-order valence-electron chi connectivity index (χ1n) is 9.03. The molecule has 7 heteroatoms. The quantitative estimate of drug-likeness (QED) is 0.531. The Labute approximate surface area is 167 Å². The molecule has 29 heavy (non-hydrogen) atoms. The van der Waals surface area contributed by atoms with Gasteiger partial charge in [-0.3, -0.25) is 9.78 Å². The summed E-state index contributed by atoms with van der Waals surface area (Å²) in [6, 6.07) is 15.2. The number of aryl methyl sites for hydroxylation is 1. The molecule has 0 saturated heterocycles. The Morgan fingerprint density at radius 3 is 2.55 bits per heavy atom. The average molecular weight is 385 g/mol. The molecule has 0 fully saturated rings. The van der Waals surface area contributed by atoms with E-state index in [2.05, 4.69) is 25.6 Å². The lowest BCUT2D eigenvalue weighted by molar-refractivity contribution is 0.102. The number of ether oxygens (including phenoxy) is 1. The summed E-state index contributed by atoms with van der Waals surface area (Å²) >= 11 is 0. The molecule has 2 aromatic heterocycles. The molecule has 0 aliphatic heterocycles. The minimum atomic E-state index is -0.303. The standard InChI is InChI=1S/C22H19N5O2/c1-14-8-9-19(29-2)18(11-14)27-22-24-12-16(13-25-22)21(28)26-17-7-3-5-15-6-4-10-23-20(15)17/h3-13H,1-2H3,(H,26,28)(H,24,25,27). The zero-order valence-electron chi connectivity index (χ0n) is 16.0. The lowest BCUT2D eigenvalue weighted by Gasteiger charge is -2.11. The van der Waals surface area contributed by atoms with Gasteiger partial charge in [-0.1, -0.05) is 24.3 Å². The summed E-state index contributed by atoms with van der Waals surface area (Å²) in [5.41, 5.74) is 3.55. The SMILES string of the molecule is COc1ccc(C)cc1Nc1ncc(C(=O)Nc2cccc3cccnc23)cn1. The maximum atomic E-state index is 12.6. The number of hydrogen-bond acceptors (Lipinski definition) is 6. The predicted molar refractivity (Wildman–Crippen MR) is 113 cm³/mol. The zero-order chi connectivity index (χ0) is 20.2. The second-order valence-electron chi connectivity index (χ2n) is 6.46. The number of pyridine rings is 1. The van der Waals surface area contributed by atoms with Crippen molar-refractivity contribution in [3.63, 3.8) is 0 Å². The van der Waals surface area contributed by atoms with Crippen molar-refractivity contribution in [1.29, 1.82) is 0 Å². The van der Waals surface area contributed by atoms with E-state index in [1.54, 1.807) is 13.3 Å². The monoisotopic (exact) mass is 385 g/mol. The van der Waals surface area contributed by atoms with Gasteiger partial charge in [-0.2, -0.15) is 0 Å². The lowest BCUT2D eigenvalue weighted by atomic mass is 10.2. The number of para-hydroxylation sites is 1. The van der Waals surface area contributed by atoms with Gasteiger partial charge < -0.3 is 15.4 Å².